The first-order chi connectivity index (χ1) is 10.5. The van der Waals surface area contributed by atoms with E-state index in [1.54, 1.807) is 42.5 Å². The van der Waals surface area contributed by atoms with E-state index in [0.29, 0.717) is 17.0 Å². The molecule has 0 aliphatic rings. The van der Waals surface area contributed by atoms with E-state index in [1.165, 1.54) is 0 Å². The van der Waals surface area contributed by atoms with Gasteiger partial charge in [-0.05, 0) is 48.4 Å². The molecule has 1 atom stereocenters. The Morgan fingerprint density at radius 1 is 1.23 bits per heavy atom. The van der Waals surface area contributed by atoms with Gasteiger partial charge >= 0.3 is 5.97 Å². The minimum Gasteiger partial charge on any atom is -0.508 e. The highest BCUT2D eigenvalue weighted by atomic mass is 16.4. The maximum atomic E-state index is 10.8. The third-order valence-electron chi connectivity index (χ3n) is 3.34. The monoisotopic (exact) mass is 298 g/mol. The van der Waals surface area contributed by atoms with Gasteiger partial charge in [0.1, 0.15) is 17.3 Å². The summed E-state index contributed by atoms with van der Waals surface area (Å²) in [6.07, 6.45) is 0.229. The van der Waals surface area contributed by atoms with Crippen molar-refractivity contribution in [1.29, 1.82) is 0 Å². The van der Waals surface area contributed by atoms with Crippen molar-refractivity contribution in [2.75, 3.05) is 0 Å². The molecule has 4 N–H and O–H groups in total. The van der Waals surface area contributed by atoms with Gasteiger partial charge in [-0.25, -0.2) is 4.98 Å². The number of carboxylic acids is 1. The van der Waals surface area contributed by atoms with Crippen LogP contribution >= 0.6 is 0 Å². The summed E-state index contributed by atoms with van der Waals surface area (Å²) < 4.78 is 5.66. The van der Waals surface area contributed by atoms with Crippen LogP contribution in [0, 0.1) is 0 Å². The molecule has 0 saturated carbocycles. The SMILES string of the molecule is N[C@@H](Cc1ccc2oc(-c3ccc(O)cc3)nc2c1)C(=O)O. The molecule has 0 unspecified atom stereocenters. The van der Waals surface area contributed by atoms with E-state index < -0.39 is 12.0 Å². The number of hydrogen-bond donors (Lipinski definition) is 3. The highest BCUT2D eigenvalue weighted by molar-refractivity contribution is 5.78. The van der Waals surface area contributed by atoms with E-state index in [4.69, 9.17) is 15.3 Å². The number of hydrogen-bond acceptors (Lipinski definition) is 5. The highest BCUT2D eigenvalue weighted by Gasteiger charge is 2.14. The molecule has 112 valence electrons. The number of fused-ring (bicyclic) bond motifs is 1. The molecule has 22 heavy (non-hydrogen) atoms. The first kappa shape index (κ1) is 14.1. The highest BCUT2D eigenvalue weighted by Crippen LogP contribution is 2.26. The maximum Gasteiger partial charge on any atom is 0.320 e. The van der Waals surface area contributed by atoms with Crippen LogP contribution in [0.3, 0.4) is 0 Å². The number of rotatable bonds is 4. The standard InChI is InChI=1S/C16H14N2O4/c17-12(16(20)21)7-9-1-6-14-13(8-9)18-15(22-14)10-2-4-11(19)5-3-10/h1-6,8,12,19H,7,17H2,(H,20,21)/t12-/m0/s1. The number of aromatic hydroxyl groups is 1. The molecule has 3 aromatic rings. The molecular formula is C16H14N2O4. The molecule has 6 nitrogen and oxygen atoms in total. The van der Waals surface area contributed by atoms with Crippen molar-refractivity contribution in [1.82, 2.24) is 4.98 Å². The number of aliphatic carboxylic acids is 1. The molecule has 6 heteroatoms. The Bertz CT molecular complexity index is 824. The van der Waals surface area contributed by atoms with Gasteiger partial charge in [0.15, 0.2) is 5.58 Å². The molecule has 0 amide bonds. The quantitative estimate of drug-likeness (QED) is 0.681. The van der Waals surface area contributed by atoms with E-state index in [-0.39, 0.29) is 12.2 Å². The minimum absolute atomic E-state index is 0.171. The van der Waals surface area contributed by atoms with Crippen molar-refractivity contribution in [3.63, 3.8) is 0 Å². The average molecular weight is 298 g/mol. The van der Waals surface area contributed by atoms with E-state index in [0.717, 1.165) is 11.1 Å². The number of nitrogens with zero attached hydrogens (tertiary/aromatic N) is 1. The minimum atomic E-state index is -1.04. The fourth-order valence-electron chi connectivity index (χ4n) is 2.17. The molecule has 1 heterocycles. The molecular weight excluding hydrogens is 284 g/mol. The van der Waals surface area contributed by atoms with Gasteiger partial charge in [-0.1, -0.05) is 6.07 Å². The van der Waals surface area contributed by atoms with E-state index in [2.05, 4.69) is 4.98 Å². The number of aromatic nitrogens is 1. The zero-order chi connectivity index (χ0) is 15.7. The second kappa shape index (κ2) is 5.50. The van der Waals surface area contributed by atoms with Gasteiger partial charge in [0.05, 0.1) is 0 Å². The van der Waals surface area contributed by atoms with Crippen LogP contribution in [-0.4, -0.2) is 27.2 Å². The van der Waals surface area contributed by atoms with Crippen LogP contribution in [0.25, 0.3) is 22.6 Å². The third-order valence-corrected chi connectivity index (χ3v) is 3.34. The molecule has 0 bridgehead atoms. The van der Waals surface area contributed by atoms with Gasteiger partial charge in [0, 0.05) is 5.56 Å². The average Bonchev–Trinajstić information content (AvgIpc) is 2.91. The Labute approximate surface area is 125 Å². The maximum absolute atomic E-state index is 10.8. The second-order valence-electron chi connectivity index (χ2n) is 5.02. The zero-order valence-corrected chi connectivity index (χ0v) is 11.6. The normalized spacial score (nSPS) is 12.4. The van der Waals surface area contributed by atoms with Crippen molar-refractivity contribution in [3.8, 4) is 17.2 Å². The van der Waals surface area contributed by atoms with Gasteiger partial charge in [0.2, 0.25) is 5.89 Å². The summed E-state index contributed by atoms with van der Waals surface area (Å²) in [5.74, 6) is -0.426. The molecule has 0 radical (unpaired) electrons. The number of phenolic OH excluding ortho intramolecular Hbond substituents is 1. The Morgan fingerprint density at radius 3 is 2.64 bits per heavy atom. The van der Waals surface area contributed by atoms with Crippen LogP contribution < -0.4 is 5.73 Å². The summed E-state index contributed by atoms with van der Waals surface area (Å²) in [5.41, 5.74) is 8.31. The number of carbonyl (C=O) groups is 1. The van der Waals surface area contributed by atoms with Crippen LogP contribution in [-0.2, 0) is 11.2 Å². The Morgan fingerprint density at radius 2 is 1.95 bits per heavy atom. The molecule has 0 aliphatic carbocycles. The van der Waals surface area contributed by atoms with Gasteiger partial charge < -0.3 is 20.4 Å². The van der Waals surface area contributed by atoms with Crippen molar-refractivity contribution in [2.24, 2.45) is 5.73 Å². The van der Waals surface area contributed by atoms with E-state index >= 15 is 0 Å². The molecule has 1 aromatic heterocycles. The van der Waals surface area contributed by atoms with E-state index in [9.17, 15) is 9.90 Å². The fourth-order valence-corrected chi connectivity index (χ4v) is 2.17. The predicted octanol–water partition coefficient (Wildman–Crippen LogP) is 2.15. The van der Waals surface area contributed by atoms with Gasteiger partial charge in [-0.15, -0.1) is 0 Å². The number of benzene rings is 2. The van der Waals surface area contributed by atoms with E-state index in [1.807, 2.05) is 0 Å². The van der Waals surface area contributed by atoms with Crippen LogP contribution in [0.4, 0.5) is 0 Å². The summed E-state index contributed by atoms with van der Waals surface area (Å²) in [4.78, 5) is 15.2. The lowest BCUT2D eigenvalue weighted by Crippen LogP contribution is -2.32. The van der Waals surface area contributed by atoms with Crippen molar-refractivity contribution >= 4 is 17.1 Å². The number of carboxylic acid groups (broad SMARTS) is 1. The Balaban J connectivity index is 1.93. The smallest absolute Gasteiger partial charge is 0.320 e. The van der Waals surface area contributed by atoms with Crippen LogP contribution in [0.2, 0.25) is 0 Å². The lowest BCUT2D eigenvalue weighted by atomic mass is 10.1. The number of nitrogens with two attached hydrogens (primary N) is 1. The lowest BCUT2D eigenvalue weighted by molar-refractivity contribution is -0.138. The third kappa shape index (κ3) is 2.77. The molecule has 0 fully saturated rings. The van der Waals surface area contributed by atoms with Crippen molar-refractivity contribution in [3.05, 3.63) is 48.0 Å². The summed E-state index contributed by atoms with van der Waals surface area (Å²) in [6.45, 7) is 0. The van der Waals surface area contributed by atoms with Crippen LogP contribution in [0.15, 0.2) is 46.9 Å². The first-order valence-corrected chi connectivity index (χ1v) is 6.70. The molecule has 2 aromatic carbocycles. The number of phenols is 1. The second-order valence-corrected chi connectivity index (χ2v) is 5.02. The predicted molar refractivity (Wildman–Crippen MR) is 80.4 cm³/mol. The van der Waals surface area contributed by atoms with Crippen LogP contribution in [0.1, 0.15) is 5.56 Å². The van der Waals surface area contributed by atoms with Gasteiger partial charge in [-0.3, -0.25) is 4.79 Å². The fraction of sp³-hybridized carbons (Fsp3) is 0.125. The largest absolute Gasteiger partial charge is 0.508 e. The topological polar surface area (TPSA) is 110 Å². The first-order valence-electron chi connectivity index (χ1n) is 6.70. The number of oxazole rings is 1. The Kier molecular flexibility index (Phi) is 3.52. The molecule has 3 rings (SSSR count). The summed E-state index contributed by atoms with van der Waals surface area (Å²) in [5, 5.41) is 18.1. The molecule has 0 aliphatic heterocycles. The van der Waals surface area contributed by atoms with Gasteiger partial charge in [-0.2, -0.15) is 0 Å². The van der Waals surface area contributed by atoms with Crippen molar-refractivity contribution < 1.29 is 19.4 Å². The van der Waals surface area contributed by atoms with Crippen molar-refractivity contribution in [2.45, 2.75) is 12.5 Å². The van der Waals surface area contributed by atoms with Crippen LogP contribution in [0.5, 0.6) is 5.75 Å². The summed E-state index contributed by atoms with van der Waals surface area (Å²) in [7, 11) is 0. The van der Waals surface area contributed by atoms with Gasteiger partial charge in [0.25, 0.3) is 0 Å². The molecule has 0 saturated heterocycles. The zero-order valence-electron chi connectivity index (χ0n) is 11.6. The molecule has 0 spiro atoms. The summed E-state index contributed by atoms with van der Waals surface area (Å²) >= 11 is 0. The Hall–Kier alpha value is -2.86. The summed E-state index contributed by atoms with van der Waals surface area (Å²) in [6, 6.07) is 10.9. The lowest BCUT2D eigenvalue weighted by Gasteiger charge is -2.05.